The first kappa shape index (κ1) is 21.7. The van der Waals surface area contributed by atoms with Crippen LogP contribution in [0.15, 0.2) is 47.4 Å². The van der Waals surface area contributed by atoms with Gasteiger partial charge >= 0.3 is 0 Å². The fourth-order valence-electron chi connectivity index (χ4n) is 2.67. The number of benzene rings is 2. The zero-order chi connectivity index (χ0) is 20.6. The summed E-state index contributed by atoms with van der Waals surface area (Å²) >= 11 is 0. The molecule has 7 nitrogen and oxygen atoms in total. The standard InChI is InChI=1S/C20H26N2O5S/c1-15(23)21-12-10-16-4-7-18(8-5-16)28(24,25)22-13-11-17-6-9-19(26-2)20(14-17)27-3/h4-9,14,22H,10-13H2,1-3H3,(H,21,23). The minimum absolute atomic E-state index is 0.0853. The Morgan fingerprint density at radius 2 is 1.50 bits per heavy atom. The van der Waals surface area contributed by atoms with Crippen LogP contribution in [0.25, 0.3) is 0 Å². The van der Waals surface area contributed by atoms with E-state index in [1.807, 2.05) is 12.1 Å². The second-order valence-electron chi connectivity index (χ2n) is 6.21. The maximum atomic E-state index is 12.4. The summed E-state index contributed by atoms with van der Waals surface area (Å²) < 4.78 is 38.0. The molecule has 0 atom stereocenters. The molecule has 0 aliphatic heterocycles. The van der Waals surface area contributed by atoms with Gasteiger partial charge in [-0.15, -0.1) is 0 Å². The molecule has 2 N–H and O–H groups in total. The number of nitrogens with one attached hydrogen (secondary N) is 2. The van der Waals surface area contributed by atoms with E-state index in [2.05, 4.69) is 10.0 Å². The van der Waals surface area contributed by atoms with Crippen molar-refractivity contribution in [3.05, 3.63) is 53.6 Å². The Hall–Kier alpha value is -2.58. The largest absolute Gasteiger partial charge is 0.493 e. The molecular formula is C20H26N2O5S. The van der Waals surface area contributed by atoms with Gasteiger partial charge in [-0.25, -0.2) is 13.1 Å². The molecule has 2 aromatic carbocycles. The van der Waals surface area contributed by atoms with Gasteiger partial charge in [0.05, 0.1) is 19.1 Å². The Labute approximate surface area is 166 Å². The van der Waals surface area contributed by atoms with Crippen molar-refractivity contribution >= 4 is 15.9 Å². The summed E-state index contributed by atoms with van der Waals surface area (Å²) in [5.41, 5.74) is 1.90. The number of carbonyl (C=O) groups excluding carboxylic acids is 1. The van der Waals surface area contributed by atoms with Crippen LogP contribution in [0.1, 0.15) is 18.1 Å². The first-order valence-electron chi connectivity index (χ1n) is 8.89. The third-order valence-corrected chi connectivity index (χ3v) is 5.65. The molecule has 0 heterocycles. The Morgan fingerprint density at radius 1 is 0.893 bits per heavy atom. The van der Waals surface area contributed by atoms with Crippen LogP contribution in [-0.4, -0.2) is 41.6 Å². The molecule has 0 aromatic heterocycles. The van der Waals surface area contributed by atoms with Crippen molar-refractivity contribution in [2.24, 2.45) is 0 Å². The topological polar surface area (TPSA) is 93.7 Å². The van der Waals surface area contributed by atoms with Crippen LogP contribution in [-0.2, 0) is 27.7 Å². The number of ether oxygens (including phenoxy) is 2. The molecule has 0 fully saturated rings. The molecule has 0 aliphatic carbocycles. The highest BCUT2D eigenvalue weighted by Crippen LogP contribution is 2.27. The summed E-state index contributed by atoms with van der Waals surface area (Å²) in [6.45, 7) is 2.25. The normalized spacial score (nSPS) is 11.1. The van der Waals surface area contributed by atoms with Crippen LogP contribution in [0.4, 0.5) is 0 Å². The van der Waals surface area contributed by atoms with Gasteiger partial charge in [-0.3, -0.25) is 4.79 Å². The summed E-state index contributed by atoms with van der Waals surface area (Å²) in [4.78, 5) is 11.1. The van der Waals surface area contributed by atoms with Crippen LogP contribution in [0.5, 0.6) is 11.5 Å². The third kappa shape index (κ3) is 6.24. The van der Waals surface area contributed by atoms with Crippen molar-refractivity contribution in [1.29, 1.82) is 0 Å². The van der Waals surface area contributed by atoms with E-state index in [-0.39, 0.29) is 17.3 Å². The highest BCUT2D eigenvalue weighted by Gasteiger charge is 2.13. The van der Waals surface area contributed by atoms with Gasteiger partial charge in [0.1, 0.15) is 0 Å². The average molecular weight is 407 g/mol. The molecular weight excluding hydrogens is 380 g/mol. The lowest BCUT2D eigenvalue weighted by molar-refractivity contribution is -0.118. The fraction of sp³-hybridized carbons (Fsp3) is 0.350. The molecule has 2 aromatic rings. The lowest BCUT2D eigenvalue weighted by Crippen LogP contribution is -2.26. The molecule has 0 radical (unpaired) electrons. The van der Waals surface area contributed by atoms with Gasteiger partial charge in [0.15, 0.2) is 11.5 Å². The van der Waals surface area contributed by atoms with Gasteiger partial charge in [0.25, 0.3) is 0 Å². The van der Waals surface area contributed by atoms with E-state index < -0.39 is 10.0 Å². The van der Waals surface area contributed by atoms with Crippen molar-refractivity contribution in [3.8, 4) is 11.5 Å². The van der Waals surface area contributed by atoms with E-state index in [4.69, 9.17) is 9.47 Å². The van der Waals surface area contributed by atoms with Crippen LogP contribution in [0.3, 0.4) is 0 Å². The number of carbonyl (C=O) groups is 1. The van der Waals surface area contributed by atoms with E-state index in [1.54, 1.807) is 44.6 Å². The molecule has 1 amide bonds. The molecule has 0 spiro atoms. The number of hydrogen-bond acceptors (Lipinski definition) is 5. The highest BCUT2D eigenvalue weighted by atomic mass is 32.2. The van der Waals surface area contributed by atoms with Crippen LogP contribution < -0.4 is 19.5 Å². The predicted molar refractivity (Wildman–Crippen MR) is 107 cm³/mol. The first-order chi connectivity index (χ1) is 13.4. The molecule has 152 valence electrons. The summed E-state index contributed by atoms with van der Waals surface area (Å²) in [5, 5.41) is 2.71. The van der Waals surface area contributed by atoms with E-state index in [9.17, 15) is 13.2 Å². The summed E-state index contributed by atoms with van der Waals surface area (Å²) in [5.74, 6) is 1.15. The Bertz CT molecular complexity index is 895. The monoisotopic (exact) mass is 406 g/mol. The highest BCUT2D eigenvalue weighted by molar-refractivity contribution is 7.89. The van der Waals surface area contributed by atoms with Crippen LogP contribution in [0.2, 0.25) is 0 Å². The second-order valence-corrected chi connectivity index (χ2v) is 7.98. The van der Waals surface area contributed by atoms with Gasteiger partial charge in [-0.05, 0) is 48.2 Å². The van der Waals surface area contributed by atoms with Gasteiger partial charge in [0, 0.05) is 20.0 Å². The van der Waals surface area contributed by atoms with Gasteiger partial charge in [0.2, 0.25) is 15.9 Å². The number of rotatable bonds is 10. The van der Waals surface area contributed by atoms with E-state index in [1.165, 1.54) is 6.92 Å². The zero-order valence-corrected chi connectivity index (χ0v) is 17.1. The third-order valence-electron chi connectivity index (χ3n) is 4.17. The van der Waals surface area contributed by atoms with E-state index in [0.29, 0.717) is 30.9 Å². The number of sulfonamides is 1. The van der Waals surface area contributed by atoms with Gasteiger partial charge < -0.3 is 14.8 Å². The van der Waals surface area contributed by atoms with Crippen LogP contribution >= 0.6 is 0 Å². The summed E-state index contributed by atoms with van der Waals surface area (Å²) in [6, 6.07) is 12.2. The van der Waals surface area contributed by atoms with Crippen molar-refractivity contribution in [2.45, 2.75) is 24.7 Å². The van der Waals surface area contributed by atoms with Gasteiger partial charge in [-0.1, -0.05) is 18.2 Å². The van der Waals surface area contributed by atoms with E-state index in [0.717, 1.165) is 11.1 Å². The van der Waals surface area contributed by atoms with Crippen molar-refractivity contribution in [2.75, 3.05) is 27.3 Å². The maximum absolute atomic E-state index is 12.4. The molecule has 0 unspecified atom stereocenters. The van der Waals surface area contributed by atoms with Crippen molar-refractivity contribution in [1.82, 2.24) is 10.0 Å². The zero-order valence-electron chi connectivity index (χ0n) is 16.3. The number of methoxy groups -OCH3 is 2. The minimum atomic E-state index is -3.59. The number of amides is 1. The molecule has 0 bridgehead atoms. The number of hydrogen-bond donors (Lipinski definition) is 2. The average Bonchev–Trinajstić information content (AvgIpc) is 2.68. The Kier molecular flexibility index (Phi) is 7.83. The SMILES string of the molecule is COc1ccc(CCNS(=O)(=O)c2ccc(CCNC(C)=O)cc2)cc1OC. The lowest BCUT2D eigenvalue weighted by atomic mass is 10.1. The molecule has 0 saturated heterocycles. The molecule has 0 saturated carbocycles. The first-order valence-corrected chi connectivity index (χ1v) is 10.4. The molecule has 0 aliphatic rings. The Balaban J connectivity index is 1.92. The predicted octanol–water partition coefficient (Wildman–Crippen LogP) is 1.90. The minimum Gasteiger partial charge on any atom is -0.493 e. The molecule has 28 heavy (non-hydrogen) atoms. The van der Waals surface area contributed by atoms with Crippen LogP contribution in [0, 0.1) is 0 Å². The summed E-state index contributed by atoms with van der Waals surface area (Å²) in [6.07, 6.45) is 1.17. The van der Waals surface area contributed by atoms with Crippen molar-refractivity contribution in [3.63, 3.8) is 0 Å². The smallest absolute Gasteiger partial charge is 0.240 e. The van der Waals surface area contributed by atoms with Gasteiger partial charge in [-0.2, -0.15) is 0 Å². The van der Waals surface area contributed by atoms with Crippen molar-refractivity contribution < 1.29 is 22.7 Å². The molecule has 2 rings (SSSR count). The lowest BCUT2D eigenvalue weighted by Gasteiger charge is -2.11. The molecule has 8 heteroatoms. The quantitative estimate of drug-likeness (QED) is 0.629. The fourth-order valence-corrected chi connectivity index (χ4v) is 3.70. The second kappa shape index (κ2) is 10.1. The van der Waals surface area contributed by atoms with E-state index >= 15 is 0 Å². The summed E-state index contributed by atoms with van der Waals surface area (Å²) in [7, 11) is -0.459. The Morgan fingerprint density at radius 3 is 2.11 bits per heavy atom. The maximum Gasteiger partial charge on any atom is 0.240 e.